The number of amides is 1. The van der Waals surface area contributed by atoms with E-state index >= 15 is 0 Å². The van der Waals surface area contributed by atoms with Crippen LogP contribution in [0.5, 0.6) is 0 Å². The number of halogens is 2. The van der Waals surface area contributed by atoms with Crippen molar-refractivity contribution in [2.24, 2.45) is 17.8 Å². The lowest BCUT2D eigenvalue weighted by Gasteiger charge is -2.16. The van der Waals surface area contributed by atoms with Gasteiger partial charge in [0.2, 0.25) is 0 Å². The minimum atomic E-state index is -0.395. The van der Waals surface area contributed by atoms with E-state index in [4.69, 9.17) is 0 Å². The number of rotatable bonds is 5. The van der Waals surface area contributed by atoms with Gasteiger partial charge in [0.05, 0.1) is 10.0 Å². The predicted molar refractivity (Wildman–Crippen MR) is 75.4 cm³/mol. The second kappa shape index (κ2) is 5.23. The lowest BCUT2D eigenvalue weighted by Crippen LogP contribution is -2.31. The van der Waals surface area contributed by atoms with Crippen LogP contribution in [0.15, 0.2) is 22.7 Å². The third-order valence-corrected chi connectivity index (χ3v) is 4.96. The van der Waals surface area contributed by atoms with Crippen molar-refractivity contribution in [1.29, 1.82) is 0 Å². The molecule has 2 nitrogen and oxygen atoms in total. The minimum absolute atomic E-state index is 0.183. The van der Waals surface area contributed by atoms with Gasteiger partial charge in [0, 0.05) is 6.54 Å². The van der Waals surface area contributed by atoms with E-state index in [1.807, 2.05) is 0 Å². The Kier molecular flexibility index (Phi) is 3.61. The van der Waals surface area contributed by atoms with Gasteiger partial charge in [-0.2, -0.15) is 0 Å². The Morgan fingerprint density at radius 2 is 1.95 bits per heavy atom. The number of benzene rings is 1. The van der Waals surface area contributed by atoms with E-state index in [2.05, 4.69) is 21.2 Å². The van der Waals surface area contributed by atoms with Gasteiger partial charge in [0.15, 0.2) is 0 Å². The summed E-state index contributed by atoms with van der Waals surface area (Å²) in [5.41, 5.74) is 0.380. The van der Waals surface area contributed by atoms with Crippen molar-refractivity contribution >= 4 is 21.8 Å². The number of hydrogen-bond acceptors (Lipinski definition) is 1. The third kappa shape index (κ3) is 2.99. The van der Waals surface area contributed by atoms with Crippen molar-refractivity contribution in [3.05, 3.63) is 34.1 Å². The normalized spacial score (nSPS) is 18.7. The van der Waals surface area contributed by atoms with Crippen LogP contribution in [0.3, 0.4) is 0 Å². The highest BCUT2D eigenvalue weighted by molar-refractivity contribution is 9.10. The van der Waals surface area contributed by atoms with Crippen LogP contribution in [0.1, 0.15) is 36.0 Å². The van der Waals surface area contributed by atoms with Gasteiger partial charge < -0.3 is 5.32 Å². The Bertz CT molecular complexity index is 485. The van der Waals surface area contributed by atoms with Gasteiger partial charge in [-0.15, -0.1) is 0 Å². The molecule has 2 saturated carbocycles. The van der Waals surface area contributed by atoms with Crippen LogP contribution >= 0.6 is 15.9 Å². The highest BCUT2D eigenvalue weighted by Gasteiger charge is 2.41. The topological polar surface area (TPSA) is 29.1 Å². The molecular formula is C15H17BrFNO. The monoisotopic (exact) mass is 325 g/mol. The molecular weight excluding hydrogens is 309 g/mol. The van der Waals surface area contributed by atoms with Crippen molar-refractivity contribution < 1.29 is 9.18 Å². The lowest BCUT2D eigenvalue weighted by atomic mass is 9.98. The van der Waals surface area contributed by atoms with E-state index in [0.29, 0.717) is 11.5 Å². The maximum Gasteiger partial charge on any atom is 0.252 e. The first-order valence-corrected chi connectivity index (χ1v) is 7.68. The summed E-state index contributed by atoms with van der Waals surface area (Å²) < 4.78 is 13.6. The van der Waals surface area contributed by atoms with Gasteiger partial charge in [-0.1, -0.05) is 6.07 Å². The van der Waals surface area contributed by atoms with Crippen LogP contribution in [-0.4, -0.2) is 12.5 Å². The molecule has 2 aliphatic rings. The largest absolute Gasteiger partial charge is 0.352 e. The smallest absolute Gasteiger partial charge is 0.252 e. The van der Waals surface area contributed by atoms with Crippen LogP contribution in [0.2, 0.25) is 0 Å². The molecule has 1 aromatic carbocycles. The average molecular weight is 326 g/mol. The molecule has 102 valence electrons. The molecule has 0 saturated heterocycles. The number of hydrogen-bond donors (Lipinski definition) is 1. The fourth-order valence-corrected chi connectivity index (χ4v) is 3.20. The Hall–Kier alpha value is -0.900. The molecule has 0 bridgehead atoms. The Balaban J connectivity index is 1.62. The summed E-state index contributed by atoms with van der Waals surface area (Å²) in [7, 11) is 0. The average Bonchev–Trinajstić information content (AvgIpc) is 3.26. The molecule has 0 atom stereocenters. The number of carbonyl (C=O) groups excluding carboxylic acids is 1. The summed E-state index contributed by atoms with van der Waals surface area (Å²) in [5, 5.41) is 2.97. The van der Waals surface area contributed by atoms with Crippen molar-refractivity contribution in [3.63, 3.8) is 0 Å². The van der Waals surface area contributed by atoms with Gasteiger partial charge in [0.1, 0.15) is 5.82 Å². The SMILES string of the molecule is O=C(NCC(C1CC1)C1CC1)c1cccc(F)c1Br. The van der Waals surface area contributed by atoms with Gasteiger partial charge in [-0.3, -0.25) is 4.79 Å². The Morgan fingerprint density at radius 3 is 2.53 bits per heavy atom. The molecule has 1 amide bonds. The van der Waals surface area contributed by atoms with Crippen LogP contribution in [-0.2, 0) is 0 Å². The standard InChI is InChI=1S/C15H17BrFNO/c16-14-11(2-1-3-13(14)17)15(19)18-8-12(9-4-5-9)10-6-7-10/h1-3,9-10,12H,4-8H2,(H,18,19). The van der Waals surface area contributed by atoms with E-state index in [9.17, 15) is 9.18 Å². The zero-order valence-electron chi connectivity index (χ0n) is 10.7. The molecule has 2 aliphatic carbocycles. The van der Waals surface area contributed by atoms with Gasteiger partial charge in [-0.05, 0) is 71.5 Å². The molecule has 1 aromatic rings. The Labute approximate surface area is 120 Å². The molecule has 2 fully saturated rings. The predicted octanol–water partition coefficient (Wildman–Crippen LogP) is 3.75. The van der Waals surface area contributed by atoms with Crippen LogP contribution in [0, 0.1) is 23.6 Å². The van der Waals surface area contributed by atoms with Crippen LogP contribution in [0.4, 0.5) is 4.39 Å². The second-order valence-corrected chi connectivity index (χ2v) is 6.44. The molecule has 0 spiro atoms. The fourth-order valence-electron chi connectivity index (χ4n) is 2.75. The van der Waals surface area contributed by atoms with Crippen molar-refractivity contribution in [2.75, 3.05) is 6.54 Å². The summed E-state index contributed by atoms with van der Waals surface area (Å²) >= 11 is 3.13. The molecule has 0 radical (unpaired) electrons. The first-order valence-electron chi connectivity index (χ1n) is 6.89. The van der Waals surface area contributed by atoms with Crippen molar-refractivity contribution in [3.8, 4) is 0 Å². The zero-order valence-corrected chi connectivity index (χ0v) is 12.2. The highest BCUT2D eigenvalue weighted by Crippen LogP contribution is 2.48. The fraction of sp³-hybridized carbons (Fsp3) is 0.533. The summed E-state index contributed by atoms with van der Waals surface area (Å²) in [6.07, 6.45) is 5.22. The second-order valence-electron chi connectivity index (χ2n) is 5.65. The van der Waals surface area contributed by atoms with E-state index in [1.54, 1.807) is 12.1 Å². The van der Waals surface area contributed by atoms with E-state index in [-0.39, 0.29) is 10.4 Å². The van der Waals surface area contributed by atoms with Crippen molar-refractivity contribution in [1.82, 2.24) is 5.32 Å². The lowest BCUT2D eigenvalue weighted by molar-refractivity contribution is 0.0942. The highest BCUT2D eigenvalue weighted by atomic mass is 79.9. The molecule has 0 aliphatic heterocycles. The zero-order chi connectivity index (χ0) is 13.4. The van der Waals surface area contributed by atoms with E-state index < -0.39 is 5.82 Å². The molecule has 0 aromatic heterocycles. The third-order valence-electron chi connectivity index (χ3n) is 4.15. The van der Waals surface area contributed by atoms with Crippen LogP contribution < -0.4 is 5.32 Å². The first-order chi connectivity index (χ1) is 9.16. The van der Waals surface area contributed by atoms with Gasteiger partial charge in [0.25, 0.3) is 5.91 Å². The minimum Gasteiger partial charge on any atom is -0.352 e. The van der Waals surface area contributed by atoms with Crippen molar-refractivity contribution in [2.45, 2.75) is 25.7 Å². The number of nitrogens with one attached hydrogen (secondary N) is 1. The molecule has 0 heterocycles. The Morgan fingerprint density at radius 1 is 1.32 bits per heavy atom. The quantitative estimate of drug-likeness (QED) is 0.877. The summed E-state index contributed by atoms with van der Waals surface area (Å²) in [5.74, 6) is 1.68. The van der Waals surface area contributed by atoms with Gasteiger partial charge in [-0.25, -0.2) is 4.39 Å². The molecule has 0 unspecified atom stereocenters. The van der Waals surface area contributed by atoms with Crippen LogP contribution in [0.25, 0.3) is 0 Å². The molecule has 3 rings (SSSR count). The van der Waals surface area contributed by atoms with E-state index in [1.165, 1.54) is 31.7 Å². The maximum absolute atomic E-state index is 13.4. The summed E-state index contributed by atoms with van der Waals surface area (Å²) in [4.78, 5) is 12.1. The first kappa shape index (κ1) is 13.1. The molecule has 19 heavy (non-hydrogen) atoms. The van der Waals surface area contributed by atoms with E-state index in [0.717, 1.165) is 18.4 Å². The summed E-state index contributed by atoms with van der Waals surface area (Å²) in [6, 6.07) is 4.55. The molecule has 4 heteroatoms. The summed E-state index contributed by atoms with van der Waals surface area (Å²) in [6.45, 7) is 0.733. The molecule has 1 N–H and O–H groups in total. The van der Waals surface area contributed by atoms with Gasteiger partial charge >= 0.3 is 0 Å². The maximum atomic E-state index is 13.4. The number of carbonyl (C=O) groups is 1.